The first-order chi connectivity index (χ1) is 12.0. The Bertz CT molecular complexity index is 908. The molecule has 3 rings (SSSR count). The lowest BCUT2D eigenvalue weighted by Crippen LogP contribution is -2.16. The number of rotatable bonds is 4. The van der Waals surface area contributed by atoms with E-state index in [1.807, 2.05) is 6.92 Å². The molecule has 6 heteroatoms. The van der Waals surface area contributed by atoms with Crippen LogP contribution in [0.1, 0.15) is 15.9 Å². The van der Waals surface area contributed by atoms with Gasteiger partial charge in [0, 0.05) is 23.0 Å². The van der Waals surface area contributed by atoms with Gasteiger partial charge in [-0.2, -0.15) is 0 Å². The molecule has 0 saturated carbocycles. The smallest absolute Gasteiger partial charge is 0.259 e. The van der Waals surface area contributed by atoms with E-state index in [2.05, 4.69) is 10.3 Å². The minimum Gasteiger partial charge on any atom is -0.457 e. The molecular formula is C19H16ClN3O2. The number of aryl methyl sites for hydroxylation is 1. The Kier molecular flexibility index (Phi) is 4.86. The van der Waals surface area contributed by atoms with Crippen LogP contribution in [0.15, 0.2) is 60.8 Å². The summed E-state index contributed by atoms with van der Waals surface area (Å²) in [4.78, 5) is 16.4. The second-order valence-electron chi connectivity index (χ2n) is 5.43. The zero-order valence-corrected chi connectivity index (χ0v) is 14.2. The molecule has 0 aliphatic rings. The number of aromatic nitrogens is 1. The highest BCUT2D eigenvalue weighted by molar-refractivity contribution is 6.30. The van der Waals surface area contributed by atoms with Crippen molar-refractivity contribution < 1.29 is 9.53 Å². The van der Waals surface area contributed by atoms with Gasteiger partial charge in [-0.1, -0.05) is 23.7 Å². The predicted octanol–water partition coefficient (Wildman–Crippen LogP) is 4.67. The number of hydrogen-bond acceptors (Lipinski definition) is 4. The van der Waals surface area contributed by atoms with E-state index in [1.165, 1.54) is 0 Å². The van der Waals surface area contributed by atoms with E-state index in [1.54, 1.807) is 60.8 Å². The maximum atomic E-state index is 12.5. The normalized spacial score (nSPS) is 10.3. The van der Waals surface area contributed by atoms with Crippen molar-refractivity contribution in [2.75, 3.05) is 11.1 Å². The van der Waals surface area contributed by atoms with Crippen LogP contribution in [0.4, 0.5) is 11.5 Å². The van der Waals surface area contributed by atoms with E-state index in [4.69, 9.17) is 22.1 Å². The van der Waals surface area contributed by atoms with Crippen LogP contribution in [0.5, 0.6) is 11.5 Å². The number of nitrogens with one attached hydrogen (secondary N) is 1. The monoisotopic (exact) mass is 353 g/mol. The van der Waals surface area contributed by atoms with E-state index >= 15 is 0 Å². The number of pyridine rings is 1. The molecule has 0 aliphatic carbocycles. The van der Waals surface area contributed by atoms with Gasteiger partial charge in [0.25, 0.3) is 5.91 Å². The molecule has 1 aromatic heterocycles. The minimum atomic E-state index is -0.317. The number of nitrogens with zero attached hydrogens (tertiary/aromatic N) is 1. The Balaban J connectivity index is 1.79. The summed E-state index contributed by atoms with van der Waals surface area (Å²) in [6, 6.07) is 15.9. The van der Waals surface area contributed by atoms with Crippen LogP contribution in [-0.4, -0.2) is 10.9 Å². The van der Waals surface area contributed by atoms with Gasteiger partial charge < -0.3 is 15.8 Å². The third kappa shape index (κ3) is 4.08. The molecule has 3 N–H and O–H groups in total. The summed E-state index contributed by atoms with van der Waals surface area (Å²) in [5, 5.41) is 3.40. The summed E-state index contributed by atoms with van der Waals surface area (Å²) < 4.78 is 5.76. The number of hydrogen-bond donors (Lipinski definition) is 2. The molecule has 0 spiro atoms. The van der Waals surface area contributed by atoms with Crippen molar-refractivity contribution in [3.63, 3.8) is 0 Å². The van der Waals surface area contributed by atoms with Gasteiger partial charge in [-0.05, 0) is 48.9 Å². The first kappa shape index (κ1) is 16.8. The number of anilines is 2. The molecule has 0 saturated heterocycles. The Morgan fingerprint density at radius 3 is 2.56 bits per heavy atom. The maximum Gasteiger partial charge on any atom is 0.259 e. The Hall–Kier alpha value is -3.05. The number of benzene rings is 2. The van der Waals surface area contributed by atoms with Crippen molar-refractivity contribution in [2.24, 2.45) is 0 Å². The number of ether oxygens (including phenoxy) is 1. The van der Waals surface area contributed by atoms with Crippen LogP contribution >= 0.6 is 11.6 Å². The highest BCUT2D eigenvalue weighted by Crippen LogP contribution is 2.26. The number of carbonyl (C=O) groups excluding carboxylic acids is 1. The zero-order valence-electron chi connectivity index (χ0n) is 13.5. The van der Waals surface area contributed by atoms with Crippen molar-refractivity contribution in [2.45, 2.75) is 6.92 Å². The van der Waals surface area contributed by atoms with Gasteiger partial charge in [-0.25, -0.2) is 4.98 Å². The largest absolute Gasteiger partial charge is 0.457 e. The highest BCUT2D eigenvalue weighted by Gasteiger charge is 2.14. The van der Waals surface area contributed by atoms with Gasteiger partial charge in [-0.3, -0.25) is 4.79 Å². The minimum absolute atomic E-state index is 0.198. The van der Waals surface area contributed by atoms with Crippen LogP contribution in [0.3, 0.4) is 0 Å². The van der Waals surface area contributed by atoms with E-state index < -0.39 is 0 Å². The van der Waals surface area contributed by atoms with Crippen LogP contribution in [0, 0.1) is 6.92 Å². The molecule has 0 bridgehead atoms. The second kappa shape index (κ2) is 7.23. The summed E-state index contributed by atoms with van der Waals surface area (Å²) in [6.45, 7) is 1.81. The number of amides is 1. The lowest BCUT2D eigenvalue weighted by molar-refractivity contribution is 0.102. The van der Waals surface area contributed by atoms with Crippen molar-refractivity contribution in [1.29, 1.82) is 0 Å². The van der Waals surface area contributed by atoms with Crippen molar-refractivity contribution >= 4 is 29.0 Å². The second-order valence-corrected chi connectivity index (χ2v) is 5.87. The van der Waals surface area contributed by atoms with Crippen molar-refractivity contribution in [1.82, 2.24) is 4.98 Å². The summed E-state index contributed by atoms with van der Waals surface area (Å²) in [5.41, 5.74) is 7.53. The molecule has 0 aliphatic heterocycles. The molecule has 1 heterocycles. The Morgan fingerprint density at radius 2 is 1.84 bits per heavy atom. The third-order valence-electron chi connectivity index (χ3n) is 3.54. The fourth-order valence-corrected chi connectivity index (χ4v) is 2.55. The van der Waals surface area contributed by atoms with Gasteiger partial charge in [0.05, 0.1) is 5.56 Å². The van der Waals surface area contributed by atoms with Gasteiger partial charge in [0.15, 0.2) is 0 Å². The predicted molar refractivity (Wildman–Crippen MR) is 99.3 cm³/mol. The average molecular weight is 354 g/mol. The summed E-state index contributed by atoms with van der Waals surface area (Å²) in [5.74, 6) is 1.08. The maximum absolute atomic E-state index is 12.5. The summed E-state index contributed by atoms with van der Waals surface area (Å²) in [6.07, 6.45) is 1.57. The van der Waals surface area contributed by atoms with E-state index in [-0.39, 0.29) is 11.7 Å². The van der Waals surface area contributed by atoms with E-state index in [9.17, 15) is 4.79 Å². The van der Waals surface area contributed by atoms with Crippen LogP contribution in [-0.2, 0) is 0 Å². The van der Waals surface area contributed by atoms with Crippen LogP contribution < -0.4 is 15.8 Å². The number of nitrogen functional groups attached to an aromatic ring is 1. The standard InChI is InChI=1S/C19H16ClN3O2/c1-12-8-9-22-18(21)17(12)19(24)23-14-5-3-7-16(11-14)25-15-6-2-4-13(20)10-15/h2-11H,1H3,(H2,21,22)(H,23,24). The molecule has 0 unspecified atom stereocenters. The lowest BCUT2D eigenvalue weighted by Gasteiger charge is -2.11. The number of nitrogens with two attached hydrogens (primary N) is 1. The molecule has 0 fully saturated rings. The van der Waals surface area contributed by atoms with Gasteiger partial charge in [0.1, 0.15) is 17.3 Å². The molecule has 2 aromatic carbocycles. The molecule has 3 aromatic rings. The fourth-order valence-electron chi connectivity index (χ4n) is 2.37. The molecule has 0 radical (unpaired) electrons. The number of halogens is 1. The lowest BCUT2D eigenvalue weighted by atomic mass is 10.1. The molecule has 25 heavy (non-hydrogen) atoms. The van der Waals surface area contributed by atoms with Crippen LogP contribution in [0.25, 0.3) is 0 Å². The quantitative estimate of drug-likeness (QED) is 0.714. The van der Waals surface area contributed by atoms with E-state index in [0.717, 1.165) is 5.56 Å². The average Bonchev–Trinajstić information content (AvgIpc) is 2.55. The fraction of sp³-hybridized carbons (Fsp3) is 0.0526. The molecule has 0 atom stereocenters. The van der Waals surface area contributed by atoms with Crippen molar-refractivity contribution in [3.05, 3.63) is 76.9 Å². The molecule has 126 valence electrons. The van der Waals surface area contributed by atoms with E-state index in [0.29, 0.717) is 27.8 Å². The molecular weight excluding hydrogens is 338 g/mol. The van der Waals surface area contributed by atoms with Gasteiger partial charge in [0.2, 0.25) is 0 Å². The molecule has 1 amide bonds. The Morgan fingerprint density at radius 1 is 1.12 bits per heavy atom. The third-order valence-corrected chi connectivity index (χ3v) is 3.77. The van der Waals surface area contributed by atoms with Gasteiger partial charge >= 0.3 is 0 Å². The summed E-state index contributed by atoms with van der Waals surface area (Å²) in [7, 11) is 0. The zero-order chi connectivity index (χ0) is 17.8. The van der Waals surface area contributed by atoms with Gasteiger partial charge in [-0.15, -0.1) is 0 Å². The summed E-state index contributed by atoms with van der Waals surface area (Å²) >= 11 is 5.95. The highest BCUT2D eigenvalue weighted by atomic mass is 35.5. The first-order valence-electron chi connectivity index (χ1n) is 7.59. The first-order valence-corrected chi connectivity index (χ1v) is 7.96. The van der Waals surface area contributed by atoms with Crippen LogP contribution in [0.2, 0.25) is 5.02 Å². The SMILES string of the molecule is Cc1ccnc(N)c1C(=O)Nc1cccc(Oc2cccc(Cl)c2)c1. The molecule has 5 nitrogen and oxygen atoms in total. The Labute approximate surface area is 150 Å². The topological polar surface area (TPSA) is 77.2 Å². The number of carbonyl (C=O) groups is 1. The van der Waals surface area contributed by atoms with Crippen molar-refractivity contribution in [3.8, 4) is 11.5 Å².